The molecule has 0 spiro atoms. The number of nitrogens with zero attached hydrogens (tertiary/aromatic N) is 3. The van der Waals surface area contributed by atoms with Crippen LogP contribution in [0.3, 0.4) is 0 Å². The van der Waals surface area contributed by atoms with Crippen LogP contribution in [-0.2, 0) is 16.0 Å². The zero-order valence-corrected chi connectivity index (χ0v) is 15.8. The van der Waals surface area contributed by atoms with Gasteiger partial charge in [-0.15, -0.1) is 0 Å². The van der Waals surface area contributed by atoms with Crippen molar-refractivity contribution in [1.29, 1.82) is 5.26 Å². The number of fused-ring (bicyclic) bond motifs is 1. The number of carbonyl (C=O) groups is 1. The van der Waals surface area contributed by atoms with Crippen molar-refractivity contribution >= 4 is 22.6 Å². The van der Waals surface area contributed by atoms with Gasteiger partial charge in [-0.25, -0.2) is 0 Å². The van der Waals surface area contributed by atoms with Gasteiger partial charge in [0.15, 0.2) is 0 Å². The first-order chi connectivity index (χ1) is 13.2. The van der Waals surface area contributed by atoms with Crippen molar-refractivity contribution < 1.29 is 14.5 Å². The average Bonchev–Trinajstić information content (AvgIpc) is 3.02. The standard InChI is InChI=1S/C21H19N3O4/c1-21(2,3)28-20(25)11-14-4-6-19(16(10-14)13-22)23-9-8-15-12-17(24(26)27)5-7-18(15)23/h4-10,12H,11H2,1-3H3. The normalized spacial score (nSPS) is 11.2. The van der Waals surface area contributed by atoms with Crippen LogP contribution in [0.5, 0.6) is 0 Å². The highest BCUT2D eigenvalue weighted by Crippen LogP contribution is 2.27. The number of benzene rings is 2. The smallest absolute Gasteiger partial charge is 0.310 e. The van der Waals surface area contributed by atoms with E-state index < -0.39 is 10.5 Å². The van der Waals surface area contributed by atoms with E-state index in [0.29, 0.717) is 22.2 Å². The third-order valence-corrected chi connectivity index (χ3v) is 4.09. The molecular weight excluding hydrogens is 358 g/mol. The lowest BCUT2D eigenvalue weighted by Gasteiger charge is -2.19. The highest BCUT2D eigenvalue weighted by Gasteiger charge is 2.18. The average molecular weight is 377 g/mol. The minimum absolute atomic E-state index is 0.0125. The van der Waals surface area contributed by atoms with E-state index in [1.807, 2.05) is 0 Å². The lowest BCUT2D eigenvalue weighted by Crippen LogP contribution is -2.24. The number of rotatable bonds is 4. The number of nitro groups is 1. The second-order valence-electron chi connectivity index (χ2n) is 7.41. The largest absolute Gasteiger partial charge is 0.460 e. The van der Waals surface area contributed by atoms with Crippen LogP contribution in [-0.4, -0.2) is 21.1 Å². The Morgan fingerprint density at radius 3 is 2.61 bits per heavy atom. The quantitative estimate of drug-likeness (QED) is 0.384. The minimum atomic E-state index is -0.568. The fourth-order valence-electron chi connectivity index (χ4n) is 2.99. The summed E-state index contributed by atoms with van der Waals surface area (Å²) in [7, 11) is 0. The van der Waals surface area contributed by atoms with Crippen LogP contribution < -0.4 is 0 Å². The fourth-order valence-corrected chi connectivity index (χ4v) is 2.99. The van der Waals surface area contributed by atoms with Gasteiger partial charge in [0.05, 0.1) is 28.1 Å². The van der Waals surface area contributed by atoms with Crippen LogP contribution in [0, 0.1) is 21.4 Å². The summed E-state index contributed by atoms with van der Waals surface area (Å²) in [6, 6.07) is 13.7. The molecule has 2 aromatic carbocycles. The first kappa shape index (κ1) is 19.1. The van der Waals surface area contributed by atoms with Crippen LogP contribution in [0.1, 0.15) is 31.9 Å². The van der Waals surface area contributed by atoms with Crippen molar-refractivity contribution in [1.82, 2.24) is 4.57 Å². The Kier molecular flexibility index (Phi) is 4.89. The molecular formula is C21H19N3O4. The van der Waals surface area contributed by atoms with Crippen LogP contribution in [0.4, 0.5) is 5.69 Å². The van der Waals surface area contributed by atoms with Crippen molar-refractivity contribution in [2.45, 2.75) is 32.8 Å². The minimum Gasteiger partial charge on any atom is -0.460 e. The summed E-state index contributed by atoms with van der Waals surface area (Å²) in [5.41, 5.74) is 1.92. The van der Waals surface area contributed by atoms with E-state index in [1.54, 1.807) is 61.9 Å². The number of nitro benzene ring substituents is 1. The Labute approximate surface area is 161 Å². The van der Waals surface area contributed by atoms with Crippen LogP contribution >= 0.6 is 0 Å². The van der Waals surface area contributed by atoms with Gasteiger partial charge in [-0.3, -0.25) is 14.9 Å². The second kappa shape index (κ2) is 7.16. The molecule has 0 aliphatic carbocycles. The van der Waals surface area contributed by atoms with E-state index in [-0.39, 0.29) is 18.1 Å². The molecule has 0 saturated heterocycles. The summed E-state index contributed by atoms with van der Waals surface area (Å²) in [5.74, 6) is -0.358. The molecule has 0 atom stereocenters. The summed E-state index contributed by atoms with van der Waals surface area (Å²) in [6.07, 6.45) is 1.84. The van der Waals surface area contributed by atoms with E-state index in [9.17, 15) is 20.2 Å². The molecule has 0 radical (unpaired) electrons. The number of aromatic nitrogens is 1. The summed E-state index contributed by atoms with van der Waals surface area (Å²) in [6.45, 7) is 5.41. The number of hydrogen-bond donors (Lipinski definition) is 0. The maximum absolute atomic E-state index is 12.0. The second-order valence-corrected chi connectivity index (χ2v) is 7.41. The molecule has 0 aliphatic rings. The Morgan fingerprint density at radius 1 is 1.21 bits per heavy atom. The zero-order valence-electron chi connectivity index (χ0n) is 15.8. The molecule has 0 saturated carbocycles. The van der Waals surface area contributed by atoms with Crippen molar-refractivity contribution in [2.24, 2.45) is 0 Å². The topological polar surface area (TPSA) is 98.2 Å². The van der Waals surface area contributed by atoms with E-state index in [1.165, 1.54) is 12.1 Å². The van der Waals surface area contributed by atoms with Crippen molar-refractivity contribution in [2.75, 3.05) is 0 Å². The van der Waals surface area contributed by atoms with Gasteiger partial charge in [-0.2, -0.15) is 5.26 Å². The number of nitriles is 1. The predicted molar refractivity (Wildman–Crippen MR) is 104 cm³/mol. The Bertz CT molecular complexity index is 1120. The third kappa shape index (κ3) is 4.01. The number of hydrogen-bond acceptors (Lipinski definition) is 5. The van der Waals surface area contributed by atoms with E-state index in [4.69, 9.17) is 4.74 Å². The molecule has 0 bridgehead atoms. The van der Waals surface area contributed by atoms with Gasteiger partial charge in [0, 0.05) is 23.7 Å². The Morgan fingerprint density at radius 2 is 1.96 bits per heavy atom. The molecule has 7 nitrogen and oxygen atoms in total. The number of esters is 1. The van der Waals surface area contributed by atoms with Gasteiger partial charge in [0.1, 0.15) is 11.7 Å². The zero-order chi connectivity index (χ0) is 20.5. The number of carbonyl (C=O) groups excluding carboxylic acids is 1. The SMILES string of the molecule is CC(C)(C)OC(=O)Cc1ccc(-n2ccc3cc([N+](=O)[O-])ccc32)c(C#N)c1. The van der Waals surface area contributed by atoms with Crippen molar-refractivity contribution in [3.8, 4) is 11.8 Å². The highest BCUT2D eigenvalue weighted by atomic mass is 16.6. The van der Waals surface area contributed by atoms with Gasteiger partial charge < -0.3 is 9.30 Å². The molecule has 7 heteroatoms. The number of ether oxygens (including phenoxy) is 1. The van der Waals surface area contributed by atoms with Gasteiger partial charge in [-0.1, -0.05) is 6.07 Å². The molecule has 3 rings (SSSR count). The van der Waals surface area contributed by atoms with Gasteiger partial charge in [-0.05, 0) is 50.6 Å². The highest BCUT2D eigenvalue weighted by molar-refractivity contribution is 5.84. The van der Waals surface area contributed by atoms with Crippen molar-refractivity contribution in [3.63, 3.8) is 0 Å². The summed E-state index contributed by atoms with van der Waals surface area (Å²) < 4.78 is 7.12. The monoisotopic (exact) mass is 377 g/mol. The van der Waals surface area contributed by atoms with E-state index >= 15 is 0 Å². The van der Waals surface area contributed by atoms with E-state index in [2.05, 4.69) is 6.07 Å². The third-order valence-electron chi connectivity index (χ3n) is 4.09. The lowest BCUT2D eigenvalue weighted by atomic mass is 10.1. The van der Waals surface area contributed by atoms with Crippen molar-refractivity contribution in [3.05, 3.63) is 69.9 Å². The molecule has 28 heavy (non-hydrogen) atoms. The molecule has 0 aliphatic heterocycles. The van der Waals surface area contributed by atoms with Gasteiger partial charge in [0.25, 0.3) is 5.69 Å². The Hall–Kier alpha value is -3.66. The van der Waals surface area contributed by atoms with Crippen LogP contribution in [0.15, 0.2) is 48.7 Å². The lowest BCUT2D eigenvalue weighted by molar-refractivity contribution is -0.384. The predicted octanol–water partition coefficient (Wildman–Crippen LogP) is 4.29. The molecule has 0 unspecified atom stereocenters. The fraction of sp³-hybridized carbons (Fsp3) is 0.238. The molecule has 142 valence electrons. The summed E-state index contributed by atoms with van der Waals surface area (Å²) in [5, 5.41) is 21.2. The molecule has 1 aromatic heterocycles. The van der Waals surface area contributed by atoms with E-state index in [0.717, 1.165) is 5.52 Å². The van der Waals surface area contributed by atoms with Gasteiger partial charge in [0.2, 0.25) is 0 Å². The molecule has 3 aromatic rings. The first-order valence-electron chi connectivity index (χ1n) is 8.69. The summed E-state index contributed by atoms with van der Waals surface area (Å²) >= 11 is 0. The maximum Gasteiger partial charge on any atom is 0.310 e. The number of non-ortho nitro benzene ring substituents is 1. The van der Waals surface area contributed by atoms with Crippen LogP contribution in [0.25, 0.3) is 16.6 Å². The first-order valence-corrected chi connectivity index (χ1v) is 8.69. The molecule has 0 amide bonds. The molecule has 0 fully saturated rings. The molecule has 0 N–H and O–H groups in total. The van der Waals surface area contributed by atoms with Gasteiger partial charge >= 0.3 is 5.97 Å². The van der Waals surface area contributed by atoms with Crippen LogP contribution in [0.2, 0.25) is 0 Å². The molecule has 1 heterocycles. The maximum atomic E-state index is 12.0. The Balaban J connectivity index is 1.95. The summed E-state index contributed by atoms with van der Waals surface area (Å²) in [4.78, 5) is 22.5.